The van der Waals surface area contributed by atoms with Crippen molar-refractivity contribution in [1.29, 1.82) is 5.26 Å². The molecule has 1 aromatic rings. The number of rotatable bonds is 4. The molecule has 0 aliphatic rings. The van der Waals surface area contributed by atoms with Crippen LogP contribution in [0.25, 0.3) is 0 Å². The van der Waals surface area contributed by atoms with Gasteiger partial charge in [0.1, 0.15) is 17.7 Å². The minimum Gasteiger partial charge on any atom is -0.343 e. The maximum absolute atomic E-state index is 11.6. The number of carbonyl (C=O) groups is 1. The number of aromatic nitrogens is 1. The highest BCUT2D eigenvalue weighted by Crippen LogP contribution is 2.16. The maximum Gasteiger partial charge on any atom is 0.265 e. The number of hydrogen-bond donors (Lipinski definition) is 1. The van der Waals surface area contributed by atoms with Crippen molar-refractivity contribution in [1.82, 2.24) is 10.3 Å². The van der Waals surface area contributed by atoms with E-state index in [0.29, 0.717) is 10.6 Å². The molecule has 5 nitrogen and oxygen atoms in total. The van der Waals surface area contributed by atoms with Gasteiger partial charge in [0.05, 0.1) is 16.8 Å². The van der Waals surface area contributed by atoms with Crippen LogP contribution in [-0.4, -0.2) is 23.7 Å². The second-order valence-electron chi connectivity index (χ2n) is 3.24. The van der Waals surface area contributed by atoms with Crippen molar-refractivity contribution in [3.8, 4) is 6.07 Å². The zero-order valence-corrected chi connectivity index (χ0v) is 10.2. The first-order chi connectivity index (χ1) is 7.54. The minimum absolute atomic E-state index is 0.0317. The number of nitrogens with one attached hydrogen (secondary N) is 1. The molecule has 0 fully saturated rings. The molecule has 1 N–H and O–H groups in total. The smallest absolute Gasteiger partial charge is 0.265 e. The van der Waals surface area contributed by atoms with Gasteiger partial charge in [0.25, 0.3) is 5.91 Å². The molecular weight excluding hydrogens is 226 g/mol. The molecule has 0 radical (unpaired) electrons. The summed E-state index contributed by atoms with van der Waals surface area (Å²) in [5.74, 6) is -0.215. The number of ether oxygens (including phenoxy) is 1. The van der Waals surface area contributed by atoms with Crippen molar-refractivity contribution in [3.63, 3.8) is 0 Å². The topological polar surface area (TPSA) is 75.0 Å². The van der Waals surface area contributed by atoms with Crippen LogP contribution in [0, 0.1) is 25.2 Å². The molecule has 1 unspecified atom stereocenters. The number of aryl methyl sites for hydroxylation is 2. The molecule has 0 aliphatic heterocycles. The van der Waals surface area contributed by atoms with Gasteiger partial charge in [0, 0.05) is 0 Å². The molecule has 0 spiro atoms. The summed E-state index contributed by atoms with van der Waals surface area (Å²) in [6.45, 7) is 5.29. The Bertz CT molecular complexity index is 422. The first-order valence-electron chi connectivity index (χ1n) is 4.78. The molecule has 0 saturated heterocycles. The van der Waals surface area contributed by atoms with Crippen LogP contribution >= 0.6 is 11.3 Å². The van der Waals surface area contributed by atoms with Crippen LogP contribution in [0.2, 0.25) is 0 Å². The zero-order valence-electron chi connectivity index (χ0n) is 9.40. The van der Waals surface area contributed by atoms with Gasteiger partial charge in [0.2, 0.25) is 0 Å². The highest BCUT2D eigenvalue weighted by molar-refractivity contribution is 7.13. The molecule has 86 valence electrons. The Morgan fingerprint density at radius 1 is 1.69 bits per heavy atom. The Labute approximate surface area is 98.1 Å². The summed E-state index contributed by atoms with van der Waals surface area (Å²) in [5.41, 5.74) is 0.716. The lowest BCUT2D eigenvalue weighted by Gasteiger charge is -2.06. The third-order valence-corrected chi connectivity index (χ3v) is 2.93. The summed E-state index contributed by atoms with van der Waals surface area (Å²) >= 11 is 1.34. The molecule has 0 bridgehead atoms. The van der Waals surface area contributed by atoms with E-state index in [4.69, 9.17) is 10.00 Å². The molecule has 1 amide bonds. The normalized spacial score (nSPS) is 11.9. The summed E-state index contributed by atoms with van der Waals surface area (Å²) in [6.07, 6.45) is -0.524. The fourth-order valence-electron chi connectivity index (χ4n) is 1.09. The molecule has 0 aromatic carbocycles. The molecule has 16 heavy (non-hydrogen) atoms. The van der Waals surface area contributed by atoms with Crippen LogP contribution in [-0.2, 0) is 4.74 Å². The summed E-state index contributed by atoms with van der Waals surface area (Å²) in [6, 6.07) is 1.91. The van der Waals surface area contributed by atoms with Gasteiger partial charge in [-0.1, -0.05) is 0 Å². The summed E-state index contributed by atoms with van der Waals surface area (Å²) < 4.78 is 5.02. The van der Waals surface area contributed by atoms with E-state index in [2.05, 4.69) is 10.3 Å². The molecule has 1 atom stereocenters. The molecule has 1 aromatic heterocycles. The van der Waals surface area contributed by atoms with Gasteiger partial charge >= 0.3 is 0 Å². The van der Waals surface area contributed by atoms with Crippen LogP contribution in [0.15, 0.2) is 0 Å². The number of hydrogen-bond acceptors (Lipinski definition) is 5. The summed E-state index contributed by atoms with van der Waals surface area (Å²) in [5, 5.41) is 11.9. The lowest BCUT2D eigenvalue weighted by molar-refractivity contribution is 0.0687. The standard InChI is InChI=1S/C10H13N3O2S/c1-6(4-11)15-5-12-10(14)9-7(2)13-8(3)16-9/h6H,5H2,1-3H3,(H,12,14). The third kappa shape index (κ3) is 3.29. The maximum atomic E-state index is 11.6. The fraction of sp³-hybridized carbons (Fsp3) is 0.500. The van der Waals surface area contributed by atoms with Gasteiger partial charge in [-0.25, -0.2) is 4.98 Å². The Balaban J connectivity index is 2.48. The van der Waals surface area contributed by atoms with Crippen molar-refractivity contribution in [2.45, 2.75) is 26.9 Å². The lowest BCUT2D eigenvalue weighted by Crippen LogP contribution is -2.27. The summed E-state index contributed by atoms with van der Waals surface area (Å²) in [7, 11) is 0. The SMILES string of the molecule is Cc1nc(C)c(C(=O)NCOC(C)C#N)s1. The first kappa shape index (κ1) is 12.6. The Kier molecular flexibility index (Phi) is 4.40. The highest BCUT2D eigenvalue weighted by atomic mass is 32.1. The predicted molar refractivity (Wildman–Crippen MR) is 60.1 cm³/mol. The van der Waals surface area contributed by atoms with E-state index in [1.165, 1.54) is 11.3 Å². The molecule has 1 heterocycles. The number of carbonyl (C=O) groups excluding carboxylic acids is 1. The van der Waals surface area contributed by atoms with Crippen molar-refractivity contribution in [2.24, 2.45) is 0 Å². The second kappa shape index (κ2) is 5.58. The van der Waals surface area contributed by atoms with E-state index in [0.717, 1.165) is 5.01 Å². The van der Waals surface area contributed by atoms with Crippen LogP contribution in [0.4, 0.5) is 0 Å². The third-order valence-electron chi connectivity index (χ3n) is 1.86. The van der Waals surface area contributed by atoms with Crippen LogP contribution < -0.4 is 5.32 Å². The lowest BCUT2D eigenvalue weighted by atomic mass is 10.4. The average Bonchev–Trinajstić information content (AvgIpc) is 2.57. The van der Waals surface area contributed by atoms with E-state index >= 15 is 0 Å². The van der Waals surface area contributed by atoms with E-state index in [-0.39, 0.29) is 12.6 Å². The van der Waals surface area contributed by atoms with Crippen molar-refractivity contribution in [2.75, 3.05) is 6.73 Å². The van der Waals surface area contributed by atoms with E-state index in [9.17, 15) is 4.79 Å². The predicted octanol–water partition coefficient (Wildman–Crippen LogP) is 1.38. The van der Waals surface area contributed by atoms with Crippen LogP contribution in [0.5, 0.6) is 0 Å². The first-order valence-corrected chi connectivity index (χ1v) is 5.59. The number of nitriles is 1. The molecule has 0 saturated carbocycles. The number of amides is 1. The van der Waals surface area contributed by atoms with E-state index < -0.39 is 6.10 Å². The minimum atomic E-state index is -0.524. The van der Waals surface area contributed by atoms with Crippen LogP contribution in [0.1, 0.15) is 27.3 Å². The number of nitrogens with zero attached hydrogens (tertiary/aromatic N) is 2. The Hall–Kier alpha value is -1.45. The Morgan fingerprint density at radius 2 is 2.38 bits per heavy atom. The quantitative estimate of drug-likeness (QED) is 0.805. The van der Waals surface area contributed by atoms with E-state index in [1.54, 1.807) is 13.8 Å². The molecule has 1 rings (SSSR count). The second-order valence-corrected chi connectivity index (χ2v) is 4.44. The van der Waals surface area contributed by atoms with Gasteiger partial charge in [0.15, 0.2) is 0 Å². The zero-order chi connectivity index (χ0) is 12.1. The van der Waals surface area contributed by atoms with Gasteiger partial charge in [-0.2, -0.15) is 5.26 Å². The van der Waals surface area contributed by atoms with Crippen LogP contribution in [0.3, 0.4) is 0 Å². The van der Waals surface area contributed by atoms with Gasteiger partial charge in [-0.05, 0) is 20.8 Å². The molecule has 6 heteroatoms. The molecule has 0 aliphatic carbocycles. The fourth-order valence-corrected chi connectivity index (χ4v) is 1.93. The molecular formula is C10H13N3O2S. The average molecular weight is 239 g/mol. The number of thiazole rings is 1. The van der Waals surface area contributed by atoms with Crippen molar-refractivity contribution in [3.05, 3.63) is 15.6 Å². The van der Waals surface area contributed by atoms with E-state index in [1.807, 2.05) is 13.0 Å². The largest absolute Gasteiger partial charge is 0.343 e. The Morgan fingerprint density at radius 3 is 2.88 bits per heavy atom. The van der Waals surface area contributed by atoms with Gasteiger partial charge < -0.3 is 10.1 Å². The monoisotopic (exact) mass is 239 g/mol. The summed E-state index contributed by atoms with van der Waals surface area (Å²) in [4.78, 5) is 16.4. The van der Waals surface area contributed by atoms with Crippen molar-refractivity contribution < 1.29 is 9.53 Å². The highest BCUT2D eigenvalue weighted by Gasteiger charge is 2.13. The van der Waals surface area contributed by atoms with Gasteiger partial charge in [-0.15, -0.1) is 11.3 Å². The van der Waals surface area contributed by atoms with Gasteiger partial charge in [-0.3, -0.25) is 4.79 Å². The van der Waals surface area contributed by atoms with Crippen molar-refractivity contribution >= 4 is 17.2 Å².